The molecule has 0 aliphatic carbocycles. The Hall–Kier alpha value is -1.92. The number of carbonyl (C=O) groups is 1. The van der Waals surface area contributed by atoms with Crippen molar-refractivity contribution in [2.45, 2.75) is 18.4 Å². The summed E-state index contributed by atoms with van der Waals surface area (Å²) < 4.78 is 0. The van der Waals surface area contributed by atoms with Gasteiger partial charge in [-0.3, -0.25) is 9.89 Å². The van der Waals surface area contributed by atoms with Gasteiger partial charge in [0.2, 0.25) is 0 Å². The molecule has 1 aromatic heterocycles. The zero-order valence-electron chi connectivity index (χ0n) is 11.2. The Morgan fingerprint density at radius 2 is 2.10 bits per heavy atom. The van der Waals surface area contributed by atoms with Crippen LogP contribution in [-0.2, 0) is 0 Å². The fourth-order valence-corrected chi connectivity index (χ4v) is 2.61. The van der Waals surface area contributed by atoms with Gasteiger partial charge < -0.3 is 15.7 Å². The zero-order valence-corrected chi connectivity index (χ0v) is 11.2. The number of benzene rings is 1. The molecule has 0 atom stereocenters. The second kappa shape index (κ2) is 4.88. The van der Waals surface area contributed by atoms with Crippen molar-refractivity contribution in [3.05, 3.63) is 30.0 Å². The maximum atomic E-state index is 12.5. The fraction of sp³-hybridized carbons (Fsp3) is 0.429. The average Bonchev–Trinajstić information content (AvgIpc) is 2.91. The molecule has 6 heteroatoms. The van der Waals surface area contributed by atoms with Crippen LogP contribution >= 0.6 is 0 Å². The van der Waals surface area contributed by atoms with Crippen LogP contribution in [0, 0.1) is 0 Å². The molecule has 0 saturated carbocycles. The molecule has 1 fully saturated rings. The number of nitrogens with one attached hydrogen (secondary N) is 1. The minimum atomic E-state index is -0.829. The molecule has 4 N–H and O–H groups in total. The fourth-order valence-electron chi connectivity index (χ4n) is 2.61. The van der Waals surface area contributed by atoms with E-state index in [-0.39, 0.29) is 12.5 Å². The number of aromatic amines is 1. The van der Waals surface area contributed by atoms with Crippen molar-refractivity contribution in [3.8, 4) is 0 Å². The van der Waals surface area contributed by atoms with Gasteiger partial charge in [-0.2, -0.15) is 5.10 Å². The summed E-state index contributed by atoms with van der Waals surface area (Å²) in [6.45, 7) is 1.25. The highest BCUT2D eigenvalue weighted by atomic mass is 16.3. The normalized spacial score (nSPS) is 18.4. The van der Waals surface area contributed by atoms with Crippen molar-refractivity contribution in [2.75, 3.05) is 19.6 Å². The highest BCUT2D eigenvalue weighted by molar-refractivity contribution is 6.04. The van der Waals surface area contributed by atoms with Crippen LogP contribution in [0.4, 0.5) is 0 Å². The maximum Gasteiger partial charge on any atom is 0.274 e. The molecule has 0 bridgehead atoms. The van der Waals surface area contributed by atoms with Gasteiger partial charge in [0.05, 0.1) is 11.1 Å². The van der Waals surface area contributed by atoms with Gasteiger partial charge in [-0.15, -0.1) is 0 Å². The first kappa shape index (κ1) is 13.1. The molecule has 2 aromatic rings. The Kier molecular flexibility index (Phi) is 3.19. The highest BCUT2D eigenvalue weighted by Gasteiger charge is 2.33. The lowest BCUT2D eigenvalue weighted by Gasteiger charge is -2.37. The number of H-pyrrole nitrogens is 1. The third kappa shape index (κ3) is 2.17. The minimum Gasteiger partial charge on any atom is -0.388 e. The van der Waals surface area contributed by atoms with Crippen LogP contribution in [0.3, 0.4) is 0 Å². The van der Waals surface area contributed by atoms with E-state index in [2.05, 4.69) is 10.2 Å². The number of aliphatic hydroxyl groups is 1. The lowest BCUT2D eigenvalue weighted by atomic mass is 9.91. The number of nitrogens with zero attached hydrogens (tertiary/aromatic N) is 2. The molecule has 3 rings (SSSR count). The first-order valence-electron chi connectivity index (χ1n) is 6.78. The largest absolute Gasteiger partial charge is 0.388 e. The van der Waals surface area contributed by atoms with Gasteiger partial charge in [-0.1, -0.05) is 18.2 Å². The Labute approximate surface area is 116 Å². The molecule has 0 radical (unpaired) electrons. The molecule has 1 saturated heterocycles. The average molecular weight is 274 g/mol. The van der Waals surface area contributed by atoms with Crippen molar-refractivity contribution < 1.29 is 9.90 Å². The summed E-state index contributed by atoms with van der Waals surface area (Å²) in [6.07, 6.45) is 1.02. The Balaban J connectivity index is 1.80. The molecule has 106 valence electrons. The number of hydrogen-bond acceptors (Lipinski definition) is 4. The number of para-hydroxylation sites is 1. The summed E-state index contributed by atoms with van der Waals surface area (Å²) in [5.41, 5.74) is 6.02. The van der Waals surface area contributed by atoms with Crippen LogP contribution < -0.4 is 5.73 Å². The van der Waals surface area contributed by atoms with Gasteiger partial charge in [0, 0.05) is 25.0 Å². The molecule has 0 spiro atoms. The van der Waals surface area contributed by atoms with Gasteiger partial charge in [0.15, 0.2) is 5.69 Å². The smallest absolute Gasteiger partial charge is 0.274 e. The van der Waals surface area contributed by atoms with Gasteiger partial charge in [0.25, 0.3) is 5.91 Å². The molecule has 0 unspecified atom stereocenters. The lowest BCUT2D eigenvalue weighted by Crippen LogP contribution is -2.50. The Morgan fingerprint density at radius 1 is 1.40 bits per heavy atom. The SMILES string of the molecule is NCC1(O)CCN(C(=O)c2n[nH]c3ccccc23)CC1. The van der Waals surface area contributed by atoms with Crippen molar-refractivity contribution in [1.82, 2.24) is 15.1 Å². The summed E-state index contributed by atoms with van der Waals surface area (Å²) in [6, 6.07) is 7.56. The van der Waals surface area contributed by atoms with E-state index in [1.165, 1.54) is 0 Å². The van der Waals surface area contributed by atoms with E-state index in [1.807, 2.05) is 24.3 Å². The van der Waals surface area contributed by atoms with Crippen LogP contribution in [0.15, 0.2) is 24.3 Å². The number of carbonyl (C=O) groups excluding carboxylic acids is 1. The standard InChI is InChI=1S/C14H18N4O2/c15-9-14(20)5-7-18(8-6-14)13(19)12-10-3-1-2-4-11(10)16-17-12/h1-4,20H,5-9,15H2,(H,16,17). The van der Waals surface area contributed by atoms with Gasteiger partial charge >= 0.3 is 0 Å². The second-order valence-electron chi connectivity index (χ2n) is 5.34. The van der Waals surface area contributed by atoms with Crippen LogP contribution in [0.1, 0.15) is 23.3 Å². The molecular formula is C14H18N4O2. The molecule has 1 aliphatic rings. The quantitative estimate of drug-likeness (QED) is 0.742. The van der Waals surface area contributed by atoms with Crippen LogP contribution in [-0.4, -0.2) is 51.3 Å². The third-order valence-electron chi connectivity index (χ3n) is 4.03. The summed E-state index contributed by atoms with van der Waals surface area (Å²) >= 11 is 0. The molecule has 1 aromatic carbocycles. The molecule has 1 aliphatic heterocycles. The molecule has 1 amide bonds. The summed E-state index contributed by atoms with van der Waals surface area (Å²) in [5, 5.41) is 17.9. The van der Waals surface area contributed by atoms with Crippen molar-refractivity contribution in [1.29, 1.82) is 0 Å². The van der Waals surface area contributed by atoms with Gasteiger partial charge in [0.1, 0.15) is 0 Å². The predicted molar refractivity (Wildman–Crippen MR) is 75.2 cm³/mol. The predicted octanol–water partition coefficient (Wildman–Crippen LogP) is 0.489. The maximum absolute atomic E-state index is 12.5. The second-order valence-corrected chi connectivity index (χ2v) is 5.34. The van der Waals surface area contributed by atoms with Crippen LogP contribution in [0.25, 0.3) is 10.9 Å². The van der Waals surface area contributed by atoms with E-state index >= 15 is 0 Å². The van der Waals surface area contributed by atoms with Crippen molar-refractivity contribution >= 4 is 16.8 Å². The van der Waals surface area contributed by atoms with E-state index in [9.17, 15) is 9.90 Å². The molecule has 6 nitrogen and oxygen atoms in total. The van der Waals surface area contributed by atoms with Gasteiger partial charge in [-0.05, 0) is 18.9 Å². The van der Waals surface area contributed by atoms with Crippen LogP contribution in [0.2, 0.25) is 0 Å². The number of amides is 1. The number of aromatic nitrogens is 2. The van der Waals surface area contributed by atoms with Crippen LogP contribution in [0.5, 0.6) is 0 Å². The topological polar surface area (TPSA) is 95.2 Å². The summed E-state index contributed by atoms with van der Waals surface area (Å²) in [4.78, 5) is 14.2. The number of likely N-dealkylation sites (tertiary alicyclic amines) is 1. The van der Waals surface area contributed by atoms with Gasteiger partial charge in [-0.25, -0.2) is 0 Å². The first-order valence-corrected chi connectivity index (χ1v) is 6.78. The van der Waals surface area contributed by atoms with E-state index < -0.39 is 5.60 Å². The van der Waals surface area contributed by atoms with Crippen molar-refractivity contribution in [3.63, 3.8) is 0 Å². The van der Waals surface area contributed by atoms with Crippen molar-refractivity contribution in [2.24, 2.45) is 5.73 Å². The number of piperidine rings is 1. The lowest BCUT2D eigenvalue weighted by molar-refractivity contribution is -0.00961. The zero-order chi connectivity index (χ0) is 14.2. The third-order valence-corrected chi connectivity index (χ3v) is 4.03. The number of hydrogen-bond donors (Lipinski definition) is 3. The highest BCUT2D eigenvalue weighted by Crippen LogP contribution is 2.23. The Morgan fingerprint density at radius 3 is 2.80 bits per heavy atom. The molecule has 2 heterocycles. The van der Waals surface area contributed by atoms with E-state index in [0.29, 0.717) is 31.6 Å². The molecule has 20 heavy (non-hydrogen) atoms. The Bertz CT molecular complexity index is 629. The first-order chi connectivity index (χ1) is 9.63. The van der Waals surface area contributed by atoms with E-state index in [0.717, 1.165) is 10.9 Å². The number of nitrogens with two attached hydrogens (primary N) is 1. The van der Waals surface area contributed by atoms with E-state index in [4.69, 9.17) is 5.73 Å². The number of rotatable bonds is 2. The van der Waals surface area contributed by atoms with E-state index in [1.54, 1.807) is 4.90 Å². The summed E-state index contributed by atoms with van der Waals surface area (Å²) in [5.74, 6) is -0.0958. The monoisotopic (exact) mass is 274 g/mol. The number of fused-ring (bicyclic) bond motifs is 1. The summed E-state index contributed by atoms with van der Waals surface area (Å²) in [7, 11) is 0. The minimum absolute atomic E-state index is 0.0958. The molecular weight excluding hydrogens is 256 g/mol.